The maximum atomic E-state index is 9.59. The fraction of sp³-hybridized carbons (Fsp3) is 0.571. The number of nitrogens with one attached hydrogen (secondary N) is 2. The Kier molecular flexibility index (Phi) is 5.17. The minimum Gasteiger partial charge on any atom is -0.393 e. The van der Waals surface area contributed by atoms with Crippen LogP contribution in [0.25, 0.3) is 5.65 Å². The van der Waals surface area contributed by atoms with Gasteiger partial charge in [0.15, 0.2) is 11.5 Å². The van der Waals surface area contributed by atoms with Crippen molar-refractivity contribution < 1.29 is 5.11 Å². The Hall–Kier alpha value is -1.82. The van der Waals surface area contributed by atoms with Crippen LogP contribution in [0.4, 0.5) is 11.6 Å². The lowest BCUT2D eigenvalue weighted by Gasteiger charge is -2.12. The molecule has 110 valence electrons. The Labute approximate surface area is 119 Å². The first-order valence-corrected chi connectivity index (χ1v) is 7.24. The monoisotopic (exact) mass is 277 g/mol. The summed E-state index contributed by atoms with van der Waals surface area (Å²) in [6.45, 7) is 5.67. The molecular weight excluding hydrogens is 254 g/mol. The van der Waals surface area contributed by atoms with Gasteiger partial charge in [0.2, 0.25) is 0 Å². The second-order valence-electron chi connectivity index (χ2n) is 4.84. The maximum Gasteiger partial charge on any atom is 0.180 e. The van der Waals surface area contributed by atoms with Gasteiger partial charge in [-0.05, 0) is 19.3 Å². The van der Waals surface area contributed by atoms with Crippen molar-refractivity contribution in [2.24, 2.45) is 0 Å². The van der Waals surface area contributed by atoms with E-state index in [1.54, 1.807) is 6.20 Å². The zero-order chi connectivity index (χ0) is 14.4. The van der Waals surface area contributed by atoms with E-state index in [0.29, 0.717) is 13.0 Å². The first-order valence-electron chi connectivity index (χ1n) is 7.24. The molecule has 0 aliphatic rings. The van der Waals surface area contributed by atoms with Gasteiger partial charge in [0.1, 0.15) is 5.82 Å². The Morgan fingerprint density at radius 1 is 1.30 bits per heavy atom. The maximum absolute atomic E-state index is 9.59. The van der Waals surface area contributed by atoms with Gasteiger partial charge in [0.05, 0.1) is 12.3 Å². The summed E-state index contributed by atoms with van der Waals surface area (Å²) in [6, 6.07) is 0. The molecule has 1 atom stereocenters. The third-order valence-corrected chi connectivity index (χ3v) is 3.17. The van der Waals surface area contributed by atoms with Gasteiger partial charge in [-0.2, -0.15) is 0 Å². The Bertz CT molecular complexity index is 539. The Morgan fingerprint density at radius 3 is 2.90 bits per heavy atom. The average Bonchev–Trinajstić information content (AvgIpc) is 2.93. The van der Waals surface area contributed by atoms with Crippen molar-refractivity contribution in [2.75, 3.05) is 23.7 Å². The highest BCUT2D eigenvalue weighted by Crippen LogP contribution is 2.16. The quantitative estimate of drug-likeness (QED) is 0.689. The van der Waals surface area contributed by atoms with E-state index in [9.17, 15) is 5.11 Å². The van der Waals surface area contributed by atoms with Gasteiger partial charge in [0, 0.05) is 25.5 Å². The van der Waals surface area contributed by atoms with Crippen molar-refractivity contribution in [1.29, 1.82) is 0 Å². The molecule has 6 heteroatoms. The van der Waals surface area contributed by atoms with E-state index >= 15 is 0 Å². The van der Waals surface area contributed by atoms with Gasteiger partial charge < -0.3 is 20.1 Å². The predicted molar refractivity (Wildman–Crippen MR) is 81.2 cm³/mol. The van der Waals surface area contributed by atoms with Crippen molar-refractivity contribution in [3.63, 3.8) is 0 Å². The average molecular weight is 277 g/mol. The second-order valence-corrected chi connectivity index (χ2v) is 4.84. The van der Waals surface area contributed by atoms with E-state index < -0.39 is 0 Å². The van der Waals surface area contributed by atoms with E-state index in [-0.39, 0.29) is 6.10 Å². The molecule has 2 heterocycles. The normalized spacial score (nSPS) is 12.6. The number of imidazole rings is 1. The summed E-state index contributed by atoms with van der Waals surface area (Å²) in [4.78, 5) is 8.85. The van der Waals surface area contributed by atoms with Crippen molar-refractivity contribution in [3.05, 3.63) is 18.6 Å². The molecule has 0 aliphatic heterocycles. The second kappa shape index (κ2) is 7.09. The summed E-state index contributed by atoms with van der Waals surface area (Å²) in [6.07, 6.45) is 7.86. The molecule has 0 fully saturated rings. The number of anilines is 2. The lowest BCUT2D eigenvalue weighted by atomic mass is 10.2. The smallest absolute Gasteiger partial charge is 0.180 e. The van der Waals surface area contributed by atoms with Crippen LogP contribution in [0.5, 0.6) is 0 Å². The highest BCUT2D eigenvalue weighted by Gasteiger charge is 2.08. The Morgan fingerprint density at radius 2 is 2.15 bits per heavy atom. The minimum absolute atomic E-state index is 0.264. The Balaban J connectivity index is 2.10. The molecule has 0 aliphatic carbocycles. The van der Waals surface area contributed by atoms with Crippen LogP contribution in [-0.4, -0.2) is 38.7 Å². The molecular formula is C14H23N5O. The summed E-state index contributed by atoms with van der Waals surface area (Å²) in [5.41, 5.74) is 0.804. The van der Waals surface area contributed by atoms with Gasteiger partial charge in [0.25, 0.3) is 0 Å². The van der Waals surface area contributed by atoms with E-state index in [2.05, 4.69) is 27.5 Å². The number of aliphatic hydroxyl groups is 1. The molecule has 0 amide bonds. The van der Waals surface area contributed by atoms with E-state index in [1.807, 2.05) is 23.7 Å². The summed E-state index contributed by atoms with van der Waals surface area (Å²) in [5.74, 6) is 1.58. The zero-order valence-corrected chi connectivity index (χ0v) is 12.1. The molecule has 0 radical (unpaired) electrons. The van der Waals surface area contributed by atoms with Gasteiger partial charge in [-0.25, -0.2) is 9.97 Å². The highest BCUT2D eigenvalue weighted by molar-refractivity contribution is 5.65. The number of hydrogen-bond donors (Lipinski definition) is 3. The lowest BCUT2D eigenvalue weighted by Crippen LogP contribution is -2.14. The molecule has 3 N–H and O–H groups in total. The van der Waals surface area contributed by atoms with Gasteiger partial charge in [-0.15, -0.1) is 0 Å². The van der Waals surface area contributed by atoms with Gasteiger partial charge in [-0.1, -0.05) is 13.8 Å². The molecule has 1 unspecified atom stereocenters. The number of hydrogen-bond acceptors (Lipinski definition) is 5. The van der Waals surface area contributed by atoms with Crippen LogP contribution in [0, 0.1) is 0 Å². The van der Waals surface area contributed by atoms with E-state index in [0.717, 1.165) is 36.7 Å². The molecule has 2 aromatic rings. The lowest BCUT2D eigenvalue weighted by molar-refractivity contribution is 0.164. The van der Waals surface area contributed by atoms with Crippen molar-refractivity contribution in [3.8, 4) is 0 Å². The molecule has 0 bridgehead atoms. The van der Waals surface area contributed by atoms with Crippen LogP contribution in [0.3, 0.4) is 0 Å². The van der Waals surface area contributed by atoms with Crippen LogP contribution in [0.15, 0.2) is 18.6 Å². The third-order valence-electron chi connectivity index (χ3n) is 3.17. The molecule has 20 heavy (non-hydrogen) atoms. The molecule has 0 saturated carbocycles. The minimum atomic E-state index is -0.264. The van der Waals surface area contributed by atoms with Gasteiger partial charge >= 0.3 is 0 Å². The van der Waals surface area contributed by atoms with Crippen LogP contribution in [-0.2, 0) is 0 Å². The molecule has 0 aromatic carbocycles. The summed E-state index contributed by atoms with van der Waals surface area (Å²) in [5, 5.41) is 16.1. The van der Waals surface area contributed by atoms with Gasteiger partial charge in [-0.3, -0.25) is 0 Å². The molecule has 2 rings (SSSR count). The van der Waals surface area contributed by atoms with Crippen molar-refractivity contribution in [1.82, 2.24) is 14.4 Å². The third kappa shape index (κ3) is 3.60. The SMILES string of the molecule is CCCNc1cn2ccnc2c(NCCC(O)CC)n1. The van der Waals surface area contributed by atoms with Crippen LogP contribution in [0.1, 0.15) is 33.1 Å². The van der Waals surface area contributed by atoms with E-state index in [1.165, 1.54) is 0 Å². The fourth-order valence-electron chi connectivity index (χ4n) is 1.95. The summed E-state index contributed by atoms with van der Waals surface area (Å²) < 4.78 is 1.95. The first-order chi connectivity index (χ1) is 9.74. The van der Waals surface area contributed by atoms with Crippen molar-refractivity contribution >= 4 is 17.3 Å². The number of rotatable bonds is 8. The molecule has 2 aromatic heterocycles. The molecule has 0 saturated heterocycles. The number of aliphatic hydroxyl groups excluding tert-OH is 1. The largest absolute Gasteiger partial charge is 0.393 e. The topological polar surface area (TPSA) is 74.5 Å². The van der Waals surface area contributed by atoms with Crippen LogP contribution in [0.2, 0.25) is 0 Å². The standard InChI is InChI=1S/C14H23N5O/c1-3-6-15-12-10-19-9-8-17-14(19)13(18-12)16-7-5-11(20)4-2/h8-11,15,20H,3-7H2,1-2H3,(H,16,18). The van der Waals surface area contributed by atoms with Crippen molar-refractivity contribution in [2.45, 2.75) is 39.2 Å². The molecule has 6 nitrogen and oxygen atoms in total. The first kappa shape index (κ1) is 14.6. The fourth-order valence-corrected chi connectivity index (χ4v) is 1.95. The number of fused-ring (bicyclic) bond motifs is 1. The van der Waals surface area contributed by atoms with Crippen LogP contribution < -0.4 is 10.6 Å². The predicted octanol–water partition coefficient (Wildman–Crippen LogP) is 2.12. The zero-order valence-electron chi connectivity index (χ0n) is 12.1. The summed E-state index contributed by atoms with van der Waals surface area (Å²) >= 11 is 0. The van der Waals surface area contributed by atoms with E-state index in [4.69, 9.17) is 0 Å². The molecule has 0 spiro atoms. The number of nitrogens with zero attached hydrogens (tertiary/aromatic N) is 3. The highest BCUT2D eigenvalue weighted by atomic mass is 16.3. The number of aromatic nitrogens is 3. The summed E-state index contributed by atoms with van der Waals surface area (Å²) in [7, 11) is 0. The van der Waals surface area contributed by atoms with Crippen LogP contribution >= 0.6 is 0 Å².